The molecule has 0 aromatic carbocycles. The van der Waals surface area contributed by atoms with Crippen LogP contribution >= 0.6 is 22.9 Å². The monoisotopic (exact) mass is 282 g/mol. The third-order valence-electron chi connectivity index (χ3n) is 2.67. The molecule has 2 aromatic rings. The first-order chi connectivity index (χ1) is 8.61. The Morgan fingerprint density at radius 2 is 2.17 bits per heavy atom. The van der Waals surface area contributed by atoms with Gasteiger partial charge < -0.3 is 5.32 Å². The number of aryl methyl sites for hydroxylation is 1. The predicted octanol–water partition coefficient (Wildman–Crippen LogP) is 3.63. The maximum absolute atomic E-state index is 5.97. The summed E-state index contributed by atoms with van der Waals surface area (Å²) in [6.45, 7) is 6.09. The van der Waals surface area contributed by atoms with Crippen LogP contribution in [0.15, 0.2) is 12.5 Å². The number of nitrogens with zero attached hydrogens (tertiary/aromatic N) is 3. The highest BCUT2D eigenvalue weighted by Crippen LogP contribution is 2.26. The van der Waals surface area contributed by atoms with Crippen LogP contribution in [0.2, 0.25) is 5.15 Å². The lowest BCUT2D eigenvalue weighted by Gasteiger charge is -2.13. The zero-order valence-electron chi connectivity index (χ0n) is 10.6. The largest absolute Gasteiger partial charge is 0.361 e. The van der Waals surface area contributed by atoms with Crippen LogP contribution in [0.5, 0.6) is 0 Å². The number of hydrogen-bond donors (Lipinski definition) is 1. The third kappa shape index (κ3) is 2.79. The van der Waals surface area contributed by atoms with Crippen molar-refractivity contribution in [2.75, 3.05) is 5.32 Å². The molecule has 0 saturated carbocycles. The molecule has 0 radical (unpaired) electrons. The van der Waals surface area contributed by atoms with E-state index in [9.17, 15) is 0 Å². The third-order valence-corrected chi connectivity index (χ3v) is 4.37. The molecule has 0 aliphatic heterocycles. The molecule has 0 aliphatic rings. The van der Waals surface area contributed by atoms with Crippen LogP contribution < -0.4 is 5.32 Å². The van der Waals surface area contributed by atoms with Gasteiger partial charge in [-0.1, -0.05) is 18.5 Å². The first kappa shape index (κ1) is 13.2. The van der Waals surface area contributed by atoms with Crippen molar-refractivity contribution in [1.82, 2.24) is 15.0 Å². The first-order valence-electron chi connectivity index (χ1n) is 5.80. The molecule has 0 fully saturated rings. The van der Waals surface area contributed by atoms with E-state index in [-0.39, 0.29) is 6.04 Å². The normalized spacial score (nSPS) is 12.4. The molecular weight excluding hydrogens is 268 g/mol. The lowest BCUT2D eigenvalue weighted by Crippen LogP contribution is -2.09. The van der Waals surface area contributed by atoms with E-state index >= 15 is 0 Å². The van der Waals surface area contributed by atoms with Gasteiger partial charge in [0.05, 0.1) is 6.04 Å². The molecule has 4 nitrogen and oxygen atoms in total. The van der Waals surface area contributed by atoms with Crippen LogP contribution in [0.1, 0.15) is 35.3 Å². The number of rotatable bonds is 4. The van der Waals surface area contributed by atoms with Crippen molar-refractivity contribution in [3.05, 3.63) is 33.1 Å². The van der Waals surface area contributed by atoms with Crippen molar-refractivity contribution in [2.45, 2.75) is 33.2 Å². The summed E-state index contributed by atoms with van der Waals surface area (Å²) in [5, 5.41) is 4.85. The minimum absolute atomic E-state index is 0.111. The summed E-state index contributed by atoms with van der Waals surface area (Å²) in [5.41, 5.74) is 0.860. The Morgan fingerprint density at radius 1 is 1.39 bits per heavy atom. The van der Waals surface area contributed by atoms with Crippen molar-refractivity contribution in [2.24, 2.45) is 0 Å². The molecule has 0 aliphatic carbocycles. The highest BCUT2D eigenvalue weighted by Gasteiger charge is 2.13. The molecule has 6 heteroatoms. The van der Waals surface area contributed by atoms with Gasteiger partial charge in [-0.3, -0.25) is 0 Å². The van der Waals surface area contributed by atoms with E-state index < -0.39 is 0 Å². The van der Waals surface area contributed by atoms with Gasteiger partial charge in [0.2, 0.25) is 0 Å². The smallest absolute Gasteiger partial charge is 0.137 e. The summed E-state index contributed by atoms with van der Waals surface area (Å²) in [6, 6.07) is 0.111. The molecule has 0 amide bonds. The Labute approximate surface area is 115 Å². The van der Waals surface area contributed by atoms with Crippen LogP contribution in [-0.2, 0) is 6.42 Å². The Bertz CT molecular complexity index is 541. The zero-order valence-corrected chi connectivity index (χ0v) is 12.1. The average Bonchev–Trinajstić information content (AvgIpc) is 2.83. The van der Waals surface area contributed by atoms with Crippen molar-refractivity contribution in [3.63, 3.8) is 0 Å². The summed E-state index contributed by atoms with van der Waals surface area (Å²) in [6.07, 6.45) is 4.41. The van der Waals surface area contributed by atoms with Gasteiger partial charge in [-0.25, -0.2) is 15.0 Å². The fraction of sp³-hybridized carbons (Fsp3) is 0.417. The number of nitrogens with one attached hydrogen (secondary N) is 1. The molecule has 96 valence electrons. The van der Waals surface area contributed by atoms with Crippen molar-refractivity contribution in [1.29, 1.82) is 0 Å². The molecular formula is C12H15ClN4S. The fourth-order valence-electron chi connectivity index (χ4n) is 1.53. The SMILES string of the molecule is CCc1cnc(C(C)Nc2ncnc(Cl)c2C)s1. The second-order valence-electron chi connectivity index (χ2n) is 4.02. The second-order valence-corrected chi connectivity index (χ2v) is 5.53. The van der Waals surface area contributed by atoms with Crippen molar-refractivity contribution < 1.29 is 0 Å². The van der Waals surface area contributed by atoms with Gasteiger partial charge in [-0.05, 0) is 20.3 Å². The van der Waals surface area contributed by atoms with Crippen molar-refractivity contribution >= 4 is 28.8 Å². The van der Waals surface area contributed by atoms with Gasteiger partial charge in [0.1, 0.15) is 22.3 Å². The van der Waals surface area contributed by atoms with Gasteiger partial charge in [-0.15, -0.1) is 11.3 Å². The van der Waals surface area contributed by atoms with E-state index in [1.165, 1.54) is 11.2 Å². The molecule has 1 N–H and O–H groups in total. The fourth-order valence-corrected chi connectivity index (χ4v) is 2.52. The van der Waals surface area contributed by atoms with E-state index in [0.29, 0.717) is 5.15 Å². The van der Waals surface area contributed by atoms with Gasteiger partial charge in [-0.2, -0.15) is 0 Å². The summed E-state index contributed by atoms with van der Waals surface area (Å²) in [4.78, 5) is 13.8. The highest BCUT2D eigenvalue weighted by molar-refractivity contribution is 7.11. The Balaban J connectivity index is 2.15. The van der Waals surface area contributed by atoms with E-state index in [1.54, 1.807) is 11.3 Å². The molecule has 1 unspecified atom stereocenters. The van der Waals surface area contributed by atoms with Gasteiger partial charge in [0.25, 0.3) is 0 Å². The molecule has 0 bridgehead atoms. The van der Waals surface area contributed by atoms with E-state index in [2.05, 4.69) is 34.1 Å². The van der Waals surface area contributed by atoms with Crippen LogP contribution in [0.25, 0.3) is 0 Å². The van der Waals surface area contributed by atoms with Crippen LogP contribution in [0, 0.1) is 6.92 Å². The Kier molecular flexibility index (Phi) is 4.14. The van der Waals surface area contributed by atoms with Crippen molar-refractivity contribution in [3.8, 4) is 0 Å². The minimum Gasteiger partial charge on any atom is -0.361 e. The summed E-state index contributed by atoms with van der Waals surface area (Å²) < 4.78 is 0. The maximum Gasteiger partial charge on any atom is 0.137 e. The number of halogens is 1. The summed E-state index contributed by atoms with van der Waals surface area (Å²) in [5.74, 6) is 0.760. The minimum atomic E-state index is 0.111. The lowest BCUT2D eigenvalue weighted by atomic mass is 10.3. The first-order valence-corrected chi connectivity index (χ1v) is 6.99. The standard InChI is InChI=1S/C12H15ClN4S/c1-4-9-5-14-12(18-9)8(3)17-11-7(2)10(13)15-6-16-11/h5-6,8H,4H2,1-3H3,(H,15,16,17). The van der Waals surface area contributed by atoms with Crippen LogP contribution in [0.3, 0.4) is 0 Å². The van der Waals surface area contributed by atoms with Gasteiger partial charge in [0, 0.05) is 16.6 Å². The number of anilines is 1. The highest BCUT2D eigenvalue weighted by atomic mass is 35.5. The molecule has 18 heavy (non-hydrogen) atoms. The van der Waals surface area contributed by atoms with Crippen LogP contribution in [-0.4, -0.2) is 15.0 Å². The number of aromatic nitrogens is 3. The summed E-state index contributed by atoms with van der Waals surface area (Å²) >= 11 is 7.69. The summed E-state index contributed by atoms with van der Waals surface area (Å²) in [7, 11) is 0. The molecule has 1 atom stereocenters. The van der Waals surface area contributed by atoms with E-state index in [0.717, 1.165) is 22.8 Å². The molecule has 2 heterocycles. The van der Waals surface area contributed by atoms with E-state index in [4.69, 9.17) is 11.6 Å². The zero-order chi connectivity index (χ0) is 13.1. The average molecular weight is 283 g/mol. The number of hydrogen-bond acceptors (Lipinski definition) is 5. The second kappa shape index (κ2) is 5.63. The van der Waals surface area contributed by atoms with E-state index in [1.807, 2.05) is 13.1 Å². The quantitative estimate of drug-likeness (QED) is 0.870. The Morgan fingerprint density at radius 3 is 2.83 bits per heavy atom. The lowest BCUT2D eigenvalue weighted by molar-refractivity contribution is 0.855. The molecule has 2 rings (SSSR count). The van der Waals surface area contributed by atoms with Crippen LogP contribution in [0.4, 0.5) is 5.82 Å². The number of thiazole rings is 1. The van der Waals surface area contributed by atoms with Gasteiger partial charge in [0.15, 0.2) is 0 Å². The predicted molar refractivity (Wildman–Crippen MR) is 75.3 cm³/mol. The molecule has 0 saturated heterocycles. The maximum atomic E-state index is 5.97. The molecule has 0 spiro atoms. The topological polar surface area (TPSA) is 50.7 Å². The Hall–Kier alpha value is -1.20. The molecule has 2 aromatic heterocycles. The van der Waals surface area contributed by atoms with Gasteiger partial charge >= 0.3 is 0 Å².